The van der Waals surface area contributed by atoms with Crippen LogP contribution in [0, 0.1) is 0 Å². The number of hydrogen-bond donors (Lipinski definition) is 2. The second kappa shape index (κ2) is 8.51. The quantitative estimate of drug-likeness (QED) is 0.808. The number of carbonyl (C=O) groups excluding carboxylic acids is 1. The maximum Gasteiger partial charge on any atom is 0.261 e. The SMILES string of the molecule is CCCc1sc(C(=O)NCCN2CCNCC2)cc1CC. The second-order valence-electron chi connectivity index (χ2n) is 5.51. The lowest BCUT2D eigenvalue weighted by Crippen LogP contribution is -2.46. The molecule has 1 aliphatic heterocycles. The summed E-state index contributed by atoms with van der Waals surface area (Å²) in [5.74, 6) is 0.0900. The second-order valence-corrected chi connectivity index (χ2v) is 6.65. The van der Waals surface area contributed by atoms with Crippen molar-refractivity contribution in [3.05, 3.63) is 21.4 Å². The van der Waals surface area contributed by atoms with Crippen LogP contribution in [0.4, 0.5) is 0 Å². The van der Waals surface area contributed by atoms with Crippen LogP contribution in [-0.2, 0) is 12.8 Å². The van der Waals surface area contributed by atoms with Crippen molar-refractivity contribution in [3.8, 4) is 0 Å². The van der Waals surface area contributed by atoms with Crippen LogP contribution in [0.5, 0.6) is 0 Å². The van der Waals surface area contributed by atoms with Crippen molar-refractivity contribution in [1.82, 2.24) is 15.5 Å². The predicted octanol–water partition coefficient (Wildman–Crippen LogP) is 1.90. The van der Waals surface area contributed by atoms with E-state index >= 15 is 0 Å². The fraction of sp³-hybridized carbons (Fsp3) is 0.688. The summed E-state index contributed by atoms with van der Waals surface area (Å²) in [5, 5.41) is 6.40. The lowest BCUT2D eigenvalue weighted by molar-refractivity contribution is 0.0951. The molecule has 4 nitrogen and oxygen atoms in total. The normalized spacial score (nSPS) is 16.1. The van der Waals surface area contributed by atoms with E-state index in [1.54, 1.807) is 11.3 Å². The number of rotatable bonds is 7. The van der Waals surface area contributed by atoms with Crippen LogP contribution in [0.25, 0.3) is 0 Å². The van der Waals surface area contributed by atoms with E-state index in [2.05, 4.69) is 35.4 Å². The summed E-state index contributed by atoms with van der Waals surface area (Å²) in [7, 11) is 0. The molecule has 0 aliphatic carbocycles. The van der Waals surface area contributed by atoms with Crippen molar-refractivity contribution in [2.45, 2.75) is 33.1 Å². The van der Waals surface area contributed by atoms with Crippen LogP contribution < -0.4 is 10.6 Å². The Hall–Kier alpha value is -0.910. The van der Waals surface area contributed by atoms with Gasteiger partial charge in [-0.1, -0.05) is 20.3 Å². The number of thiophene rings is 1. The summed E-state index contributed by atoms with van der Waals surface area (Å²) in [4.78, 5) is 16.9. The van der Waals surface area contributed by atoms with Crippen LogP contribution in [0.15, 0.2) is 6.07 Å². The van der Waals surface area contributed by atoms with Gasteiger partial charge in [-0.05, 0) is 24.5 Å². The summed E-state index contributed by atoms with van der Waals surface area (Å²) in [6.07, 6.45) is 3.24. The van der Waals surface area contributed by atoms with Gasteiger partial charge in [-0.25, -0.2) is 0 Å². The zero-order chi connectivity index (χ0) is 15.1. The molecule has 0 radical (unpaired) electrons. The molecule has 0 atom stereocenters. The van der Waals surface area contributed by atoms with Gasteiger partial charge in [-0.15, -0.1) is 11.3 Å². The van der Waals surface area contributed by atoms with Gasteiger partial charge < -0.3 is 10.6 Å². The first-order chi connectivity index (χ1) is 10.2. The number of amides is 1. The van der Waals surface area contributed by atoms with Crippen LogP contribution in [0.3, 0.4) is 0 Å². The van der Waals surface area contributed by atoms with E-state index < -0.39 is 0 Å². The molecule has 2 rings (SSSR count). The summed E-state index contributed by atoms with van der Waals surface area (Å²) in [6, 6.07) is 2.08. The highest BCUT2D eigenvalue weighted by Crippen LogP contribution is 2.24. The molecule has 2 heterocycles. The first kappa shape index (κ1) is 16.5. The third kappa shape index (κ3) is 4.80. The first-order valence-electron chi connectivity index (χ1n) is 8.07. The molecule has 2 N–H and O–H groups in total. The van der Waals surface area contributed by atoms with E-state index in [0.717, 1.165) is 63.4 Å². The zero-order valence-corrected chi connectivity index (χ0v) is 14.0. The molecule has 1 aliphatic rings. The molecule has 0 saturated carbocycles. The van der Waals surface area contributed by atoms with Crippen LogP contribution in [0.1, 0.15) is 40.4 Å². The Balaban J connectivity index is 1.82. The molecule has 1 saturated heterocycles. The van der Waals surface area contributed by atoms with Crippen molar-refractivity contribution in [1.29, 1.82) is 0 Å². The van der Waals surface area contributed by atoms with Gasteiger partial charge in [0.25, 0.3) is 5.91 Å². The topological polar surface area (TPSA) is 44.4 Å². The molecule has 0 spiro atoms. The van der Waals surface area contributed by atoms with E-state index in [4.69, 9.17) is 0 Å². The Morgan fingerprint density at radius 2 is 2.14 bits per heavy atom. The van der Waals surface area contributed by atoms with Crippen molar-refractivity contribution >= 4 is 17.2 Å². The van der Waals surface area contributed by atoms with Gasteiger partial charge in [0.05, 0.1) is 4.88 Å². The molecular weight excluding hydrogens is 282 g/mol. The highest BCUT2D eigenvalue weighted by molar-refractivity contribution is 7.14. The number of carbonyl (C=O) groups is 1. The number of aryl methyl sites for hydroxylation is 2. The van der Waals surface area contributed by atoms with E-state index in [1.807, 2.05) is 0 Å². The van der Waals surface area contributed by atoms with Crippen LogP contribution >= 0.6 is 11.3 Å². The number of nitrogens with one attached hydrogen (secondary N) is 2. The monoisotopic (exact) mass is 309 g/mol. The molecule has 21 heavy (non-hydrogen) atoms. The van der Waals surface area contributed by atoms with Gasteiger partial charge in [-0.2, -0.15) is 0 Å². The Labute approximate surface area is 131 Å². The average molecular weight is 309 g/mol. The fourth-order valence-corrected chi connectivity index (χ4v) is 3.94. The number of hydrogen-bond acceptors (Lipinski definition) is 4. The summed E-state index contributed by atoms with van der Waals surface area (Å²) >= 11 is 1.67. The van der Waals surface area contributed by atoms with Crippen LogP contribution in [-0.4, -0.2) is 50.1 Å². The lowest BCUT2D eigenvalue weighted by atomic mass is 10.1. The largest absolute Gasteiger partial charge is 0.350 e. The molecule has 0 aromatic carbocycles. The van der Waals surface area contributed by atoms with Crippen molar-refractivity contribution in [2.24, 2.45) is 0 Å². The molecule has 5 heteroatoms. The van der Waals surface area contributed by atoms with E-state index in [9.17, 15) is 4.79 Å². The van der Waals surface area contributed by atoms with Gasteiger partial charge in [0, 0.05) is 44.1 Å². The summed E-state index contributed by atoms with van der Waals surface area (Å²) in [6.45, 7) is 10.3. The maximum atomic E-state index is 12.2. The third-order valence-electron chi connectivity index (χ3n) is 3.90. The van der Waals surface area contributed by atoms with Gasteiger partial charge in [0.2, 0.25) is 0 Å². The van der Waals surface area contributed by atoms with E-state index in [-0.39, 0.29) is 5.91 Å². The third-order valence-corrected chi connectivity index (χ3v) is 5.14. The molecule has 1 fully saturated rings. The van der Waals surface area contributed by atoms with E-state index in [1.165, 1.54) is 10.4 Å². The fourth-order valence-electron chi connectivity index (χ4n) is 2.67. The molecule has 118 valence electrons. The van der Waals surface area contributed by atoms with Gasteiger partial charge in [-0.3, -0.25) is 9.69 Å². The van der Waals surface area contributed by atoms with Crippen LogP contribution in [0.2, 0.25) is 0 Å². The summed E-state index contributed by atoms with van der Waals surface area (Å²) < 4.78 is 0. The van der Waals surface area contributed by atoms with Gasteiger partial charge >= 0.3 is 0 Å². The van der Waals surface area contributed by atoms with Crippen molar-refractivity contribution in [2.75, 3.05) is 39.3 Å². The zero-order valence-electron chi connectivity index (χ0n) is 13.2. The molecule has 0 unspecified atom stereocenters. The molecule has 1 aromatic heterocycles. The Kier molecular flexibility index (Phi) is 6.67. The highest BCUT2D eigenvalue weighted by atomic mass is 32.1. The maximum absolute atomic E-state index is 12.2. The van der Waals surface area contributed by atoms with Gasteiger partial charge in [0.1, 0.15) is 0 Å². The number of nitrogens with zero attached hydrogens (tertiary/aromatic N) is 1. The Morgan fingerprint density at radius 1 is 1.38 bits per heavy atom. The molecule has 0 bridgehead atoms. The van der Waals surface area contributed by atoms with Crippen molar-refractivity contribution < 1.29 is 4.79 Å². The minimum absolute atomic E-state index is 0.0900. The molecule has 1 aromatic rings. The minimum atomic E-state index is 0.0900. The first-order valence-corrected chi connectivity index (χ1v) is 8.89. The predicted molar refractivity (Wildman–Crippen MR) is 89.3 cm³/mol. The Morgan fingerprint density at radius 3 is 2.81 bits per heavy atom. The highest BCUT2D eigenvalue weighted by Gasteiger charge is 2.14. The standard InChI is InChI=1S/C16H27N3OS/c1-3-5-14-13(4-2)12-15(21-14)16(20)18-8-11-19-9-6-17-7-10-19/h12,17H,3-11H2,1-2H3,(H,18,20). The number of piperazine rings is 1. The summed E-state index contributed by atoms with van der Waals surface area (Å²) in [5.41, 5.74) is 1.34. The van der Waals surface area contributed by atoms with Crippen molar-refractivity contribution in [3.63, 3.8) is 0 Å². The lowest BCUT2D eigenvalue weighted by Gasteiger charge is -2.27. The average Bonchev–Trinajstić information content (AvgIpc) is 2.92. The Bertz CT molecular complexity index is 452. The molecular formula is C16H27N3OS. The smallest absolute Gasteiger partial charge is 0.261 e. The molecule has 1 amide bonds. The minimum Gasteiger partial charge on any atom is -0.350 e. The van der Waals surface area contributed by atoms with E-state index in [0.29, 0.717) is 0 Å². The van der Waals surface area contributed by atoms with Gasteiger partial charge in [0.15, 0.2) is 0 Å².